The minimum absolute atomic E-state index is 0.229. The molecule has 0 aromatic heterocycles. The van der Waals surface area contributed by atoms with Crippen LogP contribution in [0.15, 0.2) is 54.6 Å². The van der Waals surface area contributed by atoms with Gasteiger partial charge in [-0.05, 0) is 36.4 Å². The Bertz CT molecular complexity index is 872. The second-order valence-electron chi connectivity index (χ2n) is 6.94. The molecule has 156 valence electrons. The van der Waals surface area contributed by atoms with Gasteiger partial charge in [0.05, 0.1) is 11.6 Å². The van der Waals surface area contributed by atoms with E-state index < -0.39 is 5.91 Å². The molecule has 1 fully saturated rings. The summed E-state index contributed by atoms with van der Waals surface area (Å²) < 4.78 is 5.32. The zero-order valence-corrected chi connectivity index (χ0v) is 16.7. The number of anilines is 1. The Labute approximate surface area is 176 Å². The first-order valence-electron chi connectivity index (χ1n) is 9.87. The van der Waals surface area contributed by atoms with Crippen molar-refractivity contribution < 1.29 is 14.3 Å². The lowest BCUT2D eigenvalue weighted by Gasteiger charge is -2.36. The molecular formula is C22H25N5O3. The molecule has 0 bridgehead atoms. The van der Waals surface area contributed by atoms with E-state index >= 15 is 0 Å². The minimum Gasteiger partial charge on any atom is -0.484 e. The molecule has 0 aliphatic carbocycles. The van der Waals surface area contributed by atoms with Crippen LogP contribution in [-0.2, 0) is 9.59 Å². The Morgan fingerprint density at radius 1 is 0.933 bits per heavy atom. The van der Waals surface area contributed by atoms with Crippen molar-refractivity contribution in [3.05, 3.63) is 60.2 Å². The van der Waals surface area contributed by atoms with E-state index in [4.69, 9.17) is 10.00 Å². The number of nitrogens with one attached hydrogen (secondary N) is 2. The number of piperazine rings is 1. The normalized spacial score (nSPS) is 13.9. The van der Waals surface area contributed by atoms with Gasteiger partial charge in [-0.1, -0.05) is 18.2 Å². The summed E-state index contributed by atoms with van der Waals surface area (Å²) in [6, 6.07) is 18.7. The van der Waals surface area contributed by atoms with E-state index in [1.165, 1.54) is 5.69 Å². The molecule has 2 aromatic carbocycles. The van der Waals surface area contributed by atoms with Gasteiger partial charge in [0, 0.05) is 44.8 Å². The predicted molar refractivity (Wildman–Crippen MR) is 113 cm³/mol. The van der Waals surface area contributed by atoms with E-state index in [-0.39, 0.29) is 12.5 Å². The van der Waals surface area contributed by atoms with E-state index in [2.05, 4.69) is 32.8 Å². The number of nitrogens with zero attached hydrogens (tertiary/aromatic N) is 3. The van der Waals surface area contributed by atoms with E-state index in [1.54, 1.807) is 24.3 Å². The van der Waals surface area contributed by atoms with Crippen LogP contribution in [0, 0.1) is 11.3 Å². The Morgan fingerprint density at radius 3 is 2.27 bits per heavy atom. The van der Waals surface area contributed by atoms with Crippen molar-refractivity contribution in [2.75, 3.05) is 44.2 Å². The highest BCUT2D eigenvalue weighted by Crippen LogP contribution is 2.15. The number of benzene rings is 2. The molecule has 1 aliphatic rings. The first kappa shape index (κ1) is 21.1. The molecule has 1 heterocycles. The van der Waals surface area contributed by atoms with E-state index in [0.29, 0.717) is 24.3 Å². The lowest BCUT2D eigenvalue weighted by molar-refractivity contribution is -0.130. The number of nitriles is 1. The second-order valence-corrected chi connectivity index (χ2v) is 6.94. The van der Waals surface area contributed by atoms with Crippen molar-refractivity contribution in [1.82, 2.24) is 15.8 Å². The molecule has 0 spiro atoms. The van der Waals surface area contributed by atoms with Gasteiger partial charge in [-0.15, -0.1) is 0 Å². The fourth-order valence-corrected chi connectivity index (χ4v) is 3.14. The highest BCUT2D eigenvalue weighted by atomic mass is 16.5. The molecule has 2 N–H and O–H groups in total. The van der Waals surface area contributed by atoms with Crippen LogP contribution in [0.2, 0.25) is 0 Å². The van der Waals surface area contributed by atoms with Crippen molar-refractivity contribution in [1.29, 1.82) is 5.26 Å². The molecule has 0 saturated carbocycles. The van der Waals surface area contributed by atoms with Gasteiger partial charge in [0.1, 0.15) is 5.75 Å². The molecule has 2 amide bonds. The number of hydrazine groups is 1. The van der Waals surface area contributed by atoms with Crippen LogP contribution in [0.1, 0.15) is 12.0 Å². The summed E-state index contributed by atoms with van der Waals surface area (Å²) in [5, 5.41) is 8.75. The Morgan fingerprint density at radius 2 is 1.60 bits per heavy atom. The number of amides is 2. The van der Waals surface area contributed by atoms with Crippen molar-refractivity contribution >= 4 is 17.5 Å². The Hall–Kier alpha value is -3.57. The van der Waals surface area contributed by atoms with Crippen LogP contribution in [0.3, 0.4) is 0 Å². The van der Waals surface area contributed by atoms with Gasteiger partial charge in [-0.2, -0.15) is 5.26 Å². The van der Waals surface area contributed by atoms with Crippen molar-refractivity contribution in [2.45, 2.75) is 6.42 Å². The summed E-state index contributed by atoms with van der Waals surface area (Å²) in [7, 11) is 0. The van der Waals surface area contributed by atoms with Gasteiger partial charge >= 0.3 is 0 Å². The molecule has 2 aromatic rings. The monoisotopic (exact) mass is 407 g/mol. The molecular weight excluding hydrogens is 382 g/mol. The fourth-order valence-electron chi connectivity index (χ4n) is 3.14. The van der Waals surface area contributed by atoms with Crippen LogP contribution < -0.4 is 20.5 Å². The quantitative estimate of drug-likeness (QED) is 0.672. The van der Waals surface area contributed by atoms with E-state index in [9.17, 15) is 9.59 Å². The third-order valence-electron chi connectivity index (χ3n) is 4.84. The first-order chi connectivity index (χ1) is 14.6. The van der Waals surface area contributed by atoms with Crippen LogP contribution >= 0.6 is 0 Å². The van der Waals surface area contributed by atoms with Crippen molar-refractivity contribution in [3.63, 3.8) is 0 Å². The summed E-state index contributed by atoms with van der Waals surface area (Å²) in [5.74, 6) is -0.221. The standard InChI is InChI=1S/C22H25N5O3/c23-16-18-6-8-20(9-7-18)30-17-22(29)25-24-21(28)10-11-26-12-14-27(15-13-26)19-4-2-1-3-5-19/h1-9H,10-15,17H2,(H,24,28)(H,25,29). The number of carbonyl (C=O) groups is 2. The summed E-state index contributed by atoms with van der Waals surface area (Å²) in [6.45, 7) is 4.06. The average Bonchev–Trinajstić information content (AvgIpc) is 2.81. The highest BCUT2D eigenvalue weighted by molar-refractivity contribution is 5.82. The zero-order valence-electron chi connectivity index (χ0n) is 16.7. The summed E-state index contributed by atoms with van der Waals surface area (Å²) in [5.41, 5.74) is 6.50. The molecule has 8 heteroatoms. The molecule has 0 radical (unpaired) electrons. The van der Waals surface area contributed by atoms with Gasteiger partial charge in [0.2, 0.25) is 5.91 Å². The minimum atomic E-state index is -0.454. The maximum Gasteiger partial charge on any atom is 0.276 e. The van der Waals surface area contributed by atoms with Gasteiger partial charge in [0.25, 0.3) is 5.91 Å². The van der Waals surface area contributed by atoms with Crippen LogP contribution in [0.4, 0.5) is 5.69 Å². The number of hydrogen-bond acceptors (Lipinski definition) is 6. The van der Waals surface area contributed by atoms with Crippen LogP contribution in [0.25, 0.3) is 0 Å². The smallest absolute Gasteiger partial charge is 0.276 e. The number of rotatable bonds is 7. The van der Waals surface area contributed by atoms with Gasteiger partial charge in [-0.25, -0.2) is 0 Å². The summed E-state index contributed by atoms with van der Waals surface area (Å²) in [4.78, 5) is 28.4. The Balaban J connectivity index is 1.28. The fraction of sp³-hybridized carbons (Fsp3) is 0.318. The lowest BCUT2D eigenvalue weighted by atomic mass is 10.2. The number of hydrogen-bond donors (Lipinski definition) is 2. The molecule has 3 rings (SSSR count). The number of para-hydroxylation sites is 1. The lowest BCUT2D eigenvalue weighted by Crippen LogP contribution is -2.48. The Kier molecular flexibility index (Phi) is 7.64. The topological polar surface area (TPSA) is 97.7 Å². The second kappa shape index (κ2) is 10.8. The third-order valence-corrected chi connectivity index (χ3v) is 4.84. The molecule has 1 saturated heterocycles. The largest absolute Gasteiger partial charge is 0.484 e. The molecule has 30 heavy (non-hydrogen) atoms. The van der Waals surface area contributed by atoms with Gasteiger partial charge in [0.15, 0.2) is 6.61 Å². The average molecular weight is 407 g/mol. The van der Waals surface area contributed by atoms with Crippen LogP contribution in [0.5, 0.6) is 5.75 Å². The van der Waals surface area contributed by atoms with Crippen molar-refractivity contribution in [2.24, 2.45) is 0 Å². The maximum absolute atomic E-state index is 12.0. The maximum atomic E-state index is 12.0. The molecule has 1 aliphatic heterocycles. The first-order valence-corrected chi connectivity index (χ1v) is 9.87. The summed E-state index contributed by atoms with van der Waals surface area (Å²) in [6.07, 6.45) is 0.308. The van der Waals surface area contributed by atoms with Crippen molar-refractivity contribution in [3.8, 4) is 11.8 Å². The van der Waals surface area contributed by atoms with Gasteiger partial charge in [-0.3, -0.25) is 25.3 Å². The molecule has 8 nitrogen and oxygen atoms in total. The van der Waals surface area contributed by atoms with E-state index in [0.717, 1.165) is 26.2 Å². The molecule has 0 unspecified atom stereocenters. The highest BCUT2D eigenvalue weighted by Gasteiger charge is 2.17. The predicted octanol–water partition coefficient (Wildman–Crippen LogP) is 1.30. The van der Waals surface area contributed by atoms with Gasteiger partial charge < -0.3 is 9.64 Å². The number of ether oxygens (including phenoxy) is 1. The summed E-state index contributed by atoms with van der Waals surface area (Å²) >= 11 is 0. The molecule has 0 atom stereocenters. The zero-order chi connectivity index (χ0) is 21.2. The van der Waals surface area contributed by atoms with Crippen LogP contribution in [-0.4, -0.2) is 56.0 Å². The van der Waals surface area contributed by atoms with E-state index in [1.807, 2.05) is 24.3 Å². The number of carbonyl (C=O) groups excluding carboxylic acids is 2. The SMILES string of the molecule is N#Cc1ccc(OCC(=O)NNC(=O)CCN2CCN(c3ccccc3)CC2)cc1. The third kappa shape index (κ3) is 6.50.